The van der Waals surface area contributed by atoms with Gasteiger partial charge in [0.05, 0.1) is 13.2 Å². The van der Waals surface area contributed by atoms with Crippen LogP contribution in [0.25, 0.3) is 0 Å². The standard InChI is InChI=1S/C22H26N2O3/c1-15-4-8-19(12-16(15)2)24-14-18(13-22(24)26)23-21(25)11-7-17-5-9-20(27-3)10-6-17/h4-6,8-10,12,18H,7,11,13-14H2,1-3H3,(H,23,25). The van der Waals surface area contributed by atoms with Gasteiger partial charge in [-0.15, -0.1) is 0 Å². The van der Waals surface area contributed by atoms with Crippen LogP contribution < -0.4 is 15.0 Å². The fourth-order valence-corrected chi connectivity index (χ4v) is 3.30. The minimum Gasteiger partial charge on any atom is -0.497 e. The number of aryl methyl sites for hydroxylation is 3. The van der Waals surface area contributed by atoms with E-state index < -0.39 is 0 Å². The van der Waals surface area contributed by atoms with Crippen LogP contribution in [0.3, 0.4) is 0 Å². The number of anilines is 1. The zero-order chi connectivity index (χ0) is 19.4. The highest BCUT2D eigenvalue weighted by molar-refractivity contribution is 5.97. The number of nitrogens with zero attached hydrogens (tertiary/aromatic N) is 1. The largest absolute Gasteiger partial charge is 0.497 e. The smallest absolute Gasteiger partial charge is 0.229 e. The molecule has 1 saturated heterocycles. The van der Waals surface area contributed by atoms with E-state index in [-0.39, 0.29) is 17.9 Å². The average molecular weight is 366 g/mol. The van der Waals surface area contributed by atoms with Crippen LogP contribution in [-0.4, -0.2) is 31.5 Å². The van der Waals surface area contributed by atoms with Crippen LogP contribution in [0.1, 0.15) is 29.5 Å². The number of rotatable bonds is 6. The molecule has 0 bridgehead atoms. The predicted octanol–water partition coefficient (Wildman–Crippen LogP) is 3.17. The first-order chi connectivity index (χ1) is 13.0. The zero-order valence-corrected chi connectivity index (χ0v) is 16.1. The molecular formula is C22H26N2O3. The molecule has 1 aliphatic heterocycles. The fourth-order valence-electron chi connectivity index (χ4n) is 3.30. The van der Waals surface area contributed by atoms with Crippen molar-refractivity contribution in [3.05, 3.63) is 59.2 Å². The molecule has 27 heavy (non-hydrogen) atoms. The van der Waals surface area contributed by atoms with Gasteiger partial charge >= 0.3 is 0 Å². The van der Waals surface area contributed by atoms with Gasteiger partial charge in [0, 0.05) is 25.1 Å². The number of benzene rings is 2. The highest BCUT2D eigenvalue weighted by Crippen LogP contribution is 2.24. The van der Waals surface area contributed by atoms with Crippen molar-refractivity contribution in [1.29, 1.82) is 0 Å². The predicted molar refractivity (Wildman–Crippen MR) is 106 cm³/mol. The Labute approximate surface area is 160 Å². The summed E-state index contributed by atoms with van der Waals surface area (Å²) in [5, 5.41) is 3.00. The van der Waals surface area contributed by atoms with Gasteiger partial charge in [-0.05, 0) is 61.2 Å². The van der Waals surface area contributed by atoms with Gasteiger partial charge in [0.15, 0.2) is 0 Å². The highest BCUT2D eigenvalue weighted by Gasteiger charge is 2.31. The molecular weight excluding hydrogens is 340 g/mol. The van der Waals surface area contributed by atoms with Crippen molar-refractivity contribution in [1.82, 2.24) is 5.32 Å². The van der Waals surface area contributed by atoms with E-state index in [1.54, 1.807) is 12.0 Å². The Balaban J connectivity index is 1.52. The average Bonchev–Trinajstić information content (AvgIpc) is 3.02. The highest BCUT2D eigenvalue weighted by atomic mass is 16.5. The molecule has 5 heteroatoms. The molecule has 1 unspecified atom stereocenters. The molecule has 2 amide bonds. The number of hydrogen-bond donors (Lipinski definition) is 1. The minimum atomic E-state index is -0.137. The summed E-state index contributed by atoms with van der Waals surface area (Å²) in [6, 6.07) is 13.6. The first kappa shape index (κ1) is 19.0. The molecule has 1 heterocycles. The second kappa shape index (κ2) is 8.25. The maximum absolute atomic E-state index is 12.4. The number of carbonyl (C=O) groups is 2. The molecule has 5 nitrogen and oxygen atoms in total. The molecule has 0 spiro atoms. The van der Waals surface area contributed by atoms with E-state index >= 15 is 0 Å². The summed E-state index contributed by atoms with van der Waals surface area (Å²) in [6.07, 6.45) is 1.42. The van der Waals surface area contributed by atoms with Crippen LogP contribution in [0.2, 0.25) is 0 Å². The molecule has 142 valence electrons. The number of hydrogen-bond acceptors (Lipinski definition) is 3. The Hall–Kier alpha value is -2.82. The molecule has 0 saturated carbocycles. The summed E-state index contributed by atoms with van der Waals surface area (Å²) in [7, 11) is 1.63. The van der Waals surface area contributed by atoms with Gasteiger partial charge in [-0.25, -0.2) is 0 Å². The Morgan fingerprint density at radius 1 is 1.15 bits per heavy atom. The van der Waals surface area contributed by atoms with Gasteiger partial charge in [0.1, 0.15) is 5.75 Å². The van der Waals surface area contributed by atoms with Crippen molar-refractivity contribution in [2.45, 2.75) is 39.2 Å². The van der Waals surface area contributed by atoms with E-state index in [1.165, 1.54) is 5.56 Å². The molecule has 0 aromatic heterocycles. The number of amides is 2. The first-order valence-corrected chi connectivity index (χ1v) is 9.26. The van der Waals surface area contributed by atoms with Crippen LogP contribution >= 0.6 is 0 Å². The van der Waals surface area contributed by atoms with Gasteiger partial charge in [-0.2, -0.15) is 0 Å². The second-order valence-electron chi connectivity index (χ2n) is 7.09. The fraction of sp³-hybridized carbons (Fsp3) is 0.364. The lowest BCUT2D eigenvalue weighted by molar-refractivity contribution is -0.121. The van der Waals surface area contributed by atoms with Crippen LogP contribution in [0.5, 0.6) is 5.75 Å². The minimum absolute atomic E-state index is 0.0226. The van der Waals surface area contributed by atoms with E-state index in [0.717, 1.165) is 22.6 Å². The normalized spacial score (nSPS) is 16.5. The lowest BCUT2D eigenvalue weighted by Crippen LogP contribution is -2.37. The molecule has 1 atom stereocenters. The van der Waals surface area contributed by atoms with Crippen molar-refractivity contribution < 1.29 is 14.3 Å². The quantitative estimate of drug-likeness (QED) is 0.854. The summed E-state index contributed by atoms with van der Waals surface area (Å²) in [5.74, 6) is 0.836. The number of methoxy groups -OCH3 is 1. The van der Waals surface area contributed by atoms with Crippen LogP contribution in [0.4, 0.5) is 5.69 Å². The molecule has 1 fully saturated rings. The van der Waals surface area contributed by atoms with Gasteiger partial charge in [-0.3, -0.25) is 9.59 Å². The molecule has 3 rings (SSSR count). The Kier molecular flexibility index (Phi) is 5.79. The van der Waals surface area contributed by atoms with E-state index in [4.69, 9.17) is 4.74 Å². The Bertz CT molecular complexity index is 830. The van der Waals surface area contributed by atoms with Gasteiger partial charge in [0.25, 0.3) is 0 Å². The van der Waals surface area contributed by atoms with Crippen molar-refractivity contribution in [3.8, 4) is 5.75 Å². The third kappa shape index (κ3) is 4.67. The van der Waals surface area contributed by atoms with Crippen molar-refractivity contribution in [2.75, 3.05) is 18.6 Å². The summed E-state index contributed by atoms with van der Waals surface area (Å²) in [6.45, 7) is 4.62. The van der Waals surface area contributed by atoms with Crippen molar-refractivity contribution in [2.24, 2.45) is 0 Å². The number of carbonyl (C=O) groups excluding carboxylic acids is 2. The third-order valence-electron chi connectivity index (χ3n) is 5.09. The zero-order valence-electron chi connectivity index (χ0n) is 16.1. The maximum atomic E-state index is 12.4. The third-order valence-corrected chi connectivity index (χ3v) is 5.09. The summed E-state index contributed by atoms with van der Waals surface area (Å²) in [5.41, 5.74) is 4.35. The van der Waals surface area contributed by atoms with Gasteiger partial charge in [-0.1, -0.05) is 18.2 Å². The maximum Gasteiger partial charge on any atom is 0.229 e. The number of nitrogens with one attached hydrogen (secondary N) is 1. The van der Waals surface area contributed by atoms with Gasteiger partial charge < -0.3 is 15.0 Å². The Morgan fingerprint density at radius 3 is 2.56 bits per heavy atom. The molecule has 1 aliphatic rings. The molecule has 2 aromatic carbocycles. The van der Waals surface area contributed by atoms with Crippen LogP contribution in [0.15, 0.2) is 42.5 Å². The molecule has 0 radical (unpaired) electrons. The Morgan fingerprint density at radius 2 is 1.89 bits per heavy atom. The molecule has 1 N–H and O–H groups in total. The SMILES string of the molecule is COc1ccc(CCC(=O)NC2CC(=O)N(c3ccc(C)c(C)c3)C2)cc1. The van der Waals surface area contributed by atoms with E-state index in [1.807, 2.05) is 49.4 Å². The van der Waals surface area contributed by atoms with Gasteiger partial charge in [0.2, 0.25) is 11.8 Å². The van der Waals surface area contributed by atoms with E-state index in [0.29, 0.717) is 25.8 Å². The first-order valence-electron chi connectivity index (χ1n) is 9.26. The summed E-state index contributed by atoms with van der Waals surface area (Å²) < 4.78 is 5.14. The van der Waals surface area contributed by atoms with E-state index in [9.17, 15) is 9.59 Å². The van der Waals surface area contributed by atoms with Crippen LogP contribution in [0, 0.1) is 13.8 Å². The lowest BCUT2D eigenvalue weighted by atomic mass is 10.1. The van der Waals surface area contributed by atoms with Crippen molar-refractivity contribution >= 4 is 17.5 Å². The monoisotopic (exact) mass is 366 g/mol. The summed E-state index contributed by atoms with van der Waals surface area (Å²) in [4.78, 5) is 26.4. The van der Waals surface area contributed by atoms with E-state index in [2.05, 4.69) is 12.2 Å². The van der Waals surface area contributed by atoms with Crippen LogP contribution in [-0.2, 0) is 16.0 Å². The number of ether oxygens (including phenoxy) is 1. The lowest BCUT2D eigenvalue weighted by Gasteiger charge is -2.18. The second-order valence-corrected chi connectivity index (χ2v) is 7.09. The molecule has 2 aromatic rings. The topological polar surface area (TPSA) is 58.6 Å². The summed E-state index contributed by atoms with van der Waals surface area (Å²) >= 11 is 0. The van der Waals surface area contributed by atoms with Crippen molar-refractivity contribution in [3.63, 3.8) is 0 Å². The molecule has 0 aliphatic carbocycles.